The van der Waals surface area contributed by atoms with Crippen molar-refractivity contribution < 1.29 is 13.9 Å². The van der Waals surface area contributed by atoms with Gasteiger partial charge in [-0.1, -0.05) is 0 Å². The van der Waals surface area contributed by atoms with Crippen LogP contribution in [0.4, 0.5) is 15.8 Å². The summed E-state index contributed by atoms with van der Waals surface area (Å²) >= 11 is 0. The van der Waals surface area contributed by atoms with Gasteiger partial charge in [-0.25, -0.2) is 4.39 Å². The topological polar surface area (TPSA) is 64.3 Å². The molecule has 0 radical (unpaired) electrons. The molecular weight excluding hydrogens is 247 g/mol. The molecule has 0 bridgehead atoms. The lowest BCUT2D eigenvalue weighted by molar-refractivity contribution is -0.119. The van der Waals surface area contributed by atoms with Crippen LogP contribution in [0.2, 0.25) is 0 Å². The molecule has 0 heterocycles. The first-order chi connectivity index (χ1) is 9.08. The van der Waals surface area contributed by atoms with Crippen LogP contribution in [0, 0.1) is 11.7 Å². The van der Waals surface area contributed by atoms with E-state index in [1.165, 1.54) is 12.1 Å². The molecule has 4 nitrogen and oxygen atoms in total. The molecule has 0 aliphatic heterocycles. The summed E-state index contributed by atoms with van der Waals surface area (Å²) in [5.74, 6) is -0.328. The van der Waals surface area contributed by atoms with Gasteiger partial charge in [0, 0.05) is 18.7 Å². The van der Waals surface area contributed by atoms with Crippen LogP contribution in [-0.2, 0) is 9.53 Å². The van der Waals surface area contributed by atoms with Crippen molar-refractivity contribution in [3.8, 4) is 0 Å². The number of benzene rings is 1. The Bertz CT molecular complexity index is 459. The van der Waals surface area contributed by atoms with Crippen molar-refractivity contribution in [1.82, 2.24) is 0 Å². The van der Waals surface area contributed by atoms with Crippen molar-refractivity contribution >= 4 is 17.3 Å². The summed E-state index contributed by atoms with van der Waals surface area (Å²) in [6, 6.07) is 4.24. The Kier molecular flexibility index (Phi) is 4.37. The van der Waals surface area contributed by atoms with Crippen LogP contribution < -0.4 is 11.1 Å². The average Bonchev–Trinajstić information content (AvgIpc) is 2.30. The second-order valence-electron chi connectivity index (χ2n) is 4.91. The molecule has 3 N–H and O–H groups in total. The number of hydrogen-bond donors (Lipinski definition) is 2. The molecule has 1 fully saturated rings. The Balaban J connectivity index is 1.79. The van der Waals surface area contributed by atoms with Crippen molar-refractivity contribution in [3.63, 3.8) is 0 Å². The molecule has 1 aromatic rings. The minimum absolute atomic E-state index is 0.163. The number of nitrogen functional groups attached to an aromatic ring is 1. The summed E-state index contributed by atoms with van der Waals surface area (Å²) in [5, 5.41) is 2.57. The Labute approximate surface area is 112 Å². The third kappa shape index (κ3) is 3.67. The predicted molar refractivity (Wildman–Crippen MR) is 72.2 cm³/mol. The molecule has 1 saturated carbocycles. The summed E-state index contributed by atoms with van der Waals surface area (Å²) in [4.78, 5) is 11.8. The molecule has 1 aliphatic carbocycles. The van der Waals surface area contributed by atoms with Crippen molar-refractivity contribution in [2.75, 3.05) is 17.7 Å². The van der Waals surface area contributed by atoms with Gasteiger partial charge in [0.25, 0.3) is 0 Å². The van der Waals surface area contributed by atoms with Gasteiger partial charge in [0.15, 0.2) is 0 Å². The molecule has 1 aliphatic rings. The molecule has 1 aromatic carbocycles. The zero-order valence-corrected chi connectivity index (χ0v) is 11.0. The lowest BCUT2D eigenvalue weighted by Gasteiger charge is -2.34. The van der Waals surface area contributed by atoms with E-state index in [4.69, 9.17) is 10.5 Å². The van der Waals surface area contributed by atoms with Crippen molar-refractivity contribution in [3.05, 3.63) is 24.0 Å². The number of amides is 1. The maximum Gasteiger partial charge on any atom is 0.224 e. The van der Waals surface area contributed by atoms with Gasteiger partial charge < -0.3 is 15.8 Å². The molecule has 0 aromatic heterocycles. The van der Waals surface area contributed by atoms with E-state index in [-0.39, 0.29) is 17.7 Å². The molecule has 2 rings (SSSR count). The fourth-order valence-electron chi connectivity index (χ4n) is 2.31. The Morgan fingerprint density at radius 1 is 1.53 bits per heavy atom. The molecule has 0 spiro atoms. The lowest BCUT2D eigenvalue weighted by Crippen LogP contribution is -2.33. The van der Waals surface area contributed by atoms with Crippen LogP contribution in [-0.4, -0.2) is 18.6 Å². The van der Waals surface area contributed by atoms with E-state index in [1.807, 2.05) is 6.92 Å². The predicted octanol–water partition coefficient (Wildman–Crippen LogP) is 2.55. The van der Waals surface area contributed by atoms with E-state index >= 15 is 0 Å². The van der Waals surface area contributed by atoms with E-state index < -0.39 is 5.82 Å². The van der Waals surface area contributed by atoms with E-state index in [2.05, 4.69) is 5.32 Å². The Morgan fingerprint density at radius 3 is 2.89 bits per heavy atom. The van der Waals surface area contributed by atoms with Gasteiger partial charge in [0.1, 0.15) is 5.82 Å². The molecule has 0 unspecified atom stereocenters. The molecular formula is C14H19FN2O2. The minimum Gasteiger partial charge on any atom is -0.399 e. The maximum absolute atomic E-state index is 13.5. The molecule has 0 atom stereocenters. The Hall–Kier alpha value is -1.62. The average molecular weight is 266 g/mol. The SMILES string of the molecule is CCOC1CC(CC(=O)Nc2ccc(N)cc2F)C1. The highest BCUT2D eigenvalue weighted by Crippen LogP contribution is 2.33. The molecule has 104 valence electrons. The second kappa shape index (κ2) is 6.02. The highest BCUT2D eigenvalue weighted by atomic mass is 19.1. The van der Waals surface area contributed by atoms with E-state index in [0.29, 0.717) is 24.6 Å². The fourth-order valence-corrected chi connectivity index (χ4v) is 2.31. The van der Waals surface area contributed by atoms with Crippen LogP contribution >= 0.6 is 0 Å². The van der Waals surface area contributed by atoms with Crippen LogP contribution in [0.25, 0.3) is 0 Å². The fraction of sp³-hybridized carbons (Fsp3) is 0.500. The van der Waals surface area contributed by atoms with Gasteiger partial charge in [0.2, 0.25) is 5.91 Å². The van der Waals surface area contributed by atoms with Crippen LogP contribution in [0.15, 0.2) is 18.2 Å². The summed E-state index contributed by atoms with van der Waals surface area (Å²) in [7, 11) is 0. The lowest BCUT2D eigenvalue weighted by atomic mass is 9.80. The number of rotatable bonds is 5. The van der Waals surface area contributed by atoms with Gasteiger partial charge in [-0.3, -0.25) is 4.79 Å². The minimum atomic E-state index is -0.505. The third-order valence-corrected chi connectivity index (χ3v) is 3.34. The second-order valence-corrected chi connectivity index (χ2v) is 4.91. The van der Waals surface area contributed by atoms with Crippen molar-refractivity contribution in [2.45, 2.75) is 32.3 Å². The quantitative estimate of drug-likeness (QED) is 0.805. The molecule has 1 amide bonds. The van der Waals surface area contributed by atoms with E-state index in [1.54, 1.807) is 6.07 Å². The van der Waals surface area contributed by atoms with Crippen molar-refractivity contribution in [2.24, 2.45) is 5.92 Å². The first-order valence-corrected chi connectivity index (χ1v) is 6.55. The number of halogens is 1. The van der Waals surface area contributed by atoms with E-state index in [9.17, 15) is 9.18 Å². The first kappa shape index (κ1) is 13.8. The number of anilines is 2. The number of carbonyl (C=O) groups excluding carboxylic acids is 1. The Morgan fingerprint density at radius 2 is 2.26 bits per heavy atom. The number of nitrogens with two attached hydrogens (primary N) is 1. The van der Waals surface area contributed by atoms with Gasteiger partial charge >= 0.3 is 0 Å². The molecule has 5 heteroatoms. The monoisotopic (exact) mass is 266 g/mol. The molecule has 0 saturated heterocycles. The van der Waals surface area contributed by atoms with E-state index in [0.717, 1.165) is 12.8 Å². The van der Waals surface area contributed by atoms with Gasteiger partial charge in [-0.2, -0.15) is 0 Å². The van der Waals surface area contributed by atoms with Gasteiger partial charge in [-0.15, -0.1) is 0 Å². The largest absolute Gasteiger partial charge is 0.399 e. The summed E-state index contributed by atoms with van der Waals surface area (Å²) in [6.45, 7) is 2.67. The van der Waals surface area contributed by atoms with Gasteiger partial charge in [-0.05, 0) is 43.9 Å². The highest BCUT2D eigenvalue weighted by Gasteiger charge is 2.31. The molecule has 19 heavy (non-hydrogen) atoms. The highest BCUT2D eigenvalue weighted by molar-refractivity contribution is 5.91. The number of nitrogens with one attached hydrogen (secondary N) is 1. The summed E-state index contributed by atoms with van der Waals surface area (Å²) < 4.78 is 18.9. The van der Waals surface area contributed by atoms with Crippen LogP contribution in [0.5, 0.6) is 0 Å². The summed E-state index contributed by atoms with van der Waals surface area (Å²) in [6.07, 6.45) is 2.51. The van der Waals surface area contributed by atoms with Gasteiger partial charge in [0.05, 0.1) is 11.8 Å². The maximum atomic E-state index is 13.5. The number of hydrogen-bond acceptors (Lipinski definition) is 3. The first-order valence-electron chi connectivity index (χ1n) is 6.55. The zero-order valence-electron chi connectivity index (χ0n) is 11.0. The van der Waals surface area contributed by atoms with Crippen molar-refractivity contribution in [1.29, 1.82) is 0 Å². The zero-order chi connectivity index (χ0) is 13.8. The normalized spacial score (nSPS) is 21.8. The number of ether oxygens (including phenoxy) is 1. The third-order valence-electron chi connectivity index (χ3n) is 3.34. The smallest absolute Gasteiger partial charge is 0.224 e. The van der Waals surface area contributed by atoms with Crippen LogP contribution in [0.1, 0.15) is 26.2 Å². The number of carbonyl (C=O) groups is 1. The standard InChI is InChI=1S/C14H19FN2O2/c1-2-19-11-5-9(6-11)7-14(18)17-13-4-3-10(16)8-12(13)15/h3-4,8-9,11H,2,5-7,16H2,1H3,(H,17,18). The summed E-state index contributed by atoms with van der Waals surface area (Å²) in [5.41, 5.74) is 5.97. The van der Waals surface area contributed by atoms with Crippen LogP contribution in [0.3, 0.4) is 0 Å².